The Hall–Kier alpha value is -1.56. The van der Waals surface area contributed by atoms with Crippen molar-refractivity contribution in [1.82, 2.24) is 0 Å². The van der Waals surface area contributed by atoms with Gasteiger partial charge in [-0.25, -0.2) is 0 Å². The number of hydrogen-bond acceptors (Lipinski definition) is 0. The number of hydrogen-bond donors (Lipinski definition) is 0. The Labute approximate surface area is 123 Å². The molecule has 0 amide bonds. The van der Waals surface area contributed by atoms with Crippen LogP contribution in [-0.4, -0.2) is 0 Å². The lowest BCUT2D eigenvalue weighted by molar-refractivity contribution is 0.638. The van der Waals surface area contributed by atoms with Crippen molar-refractivity contribution in [2.24, 2.45) is 0 Å². The maximum absolute atomic E-state index is 2.27. The number of unbranched alkanes of at least 4 members (excludes halogenated alkanes) is 2. The third kappa shape index (κ3) is 5.21. The standard InChI is InChI=1S/C20H25/c1-2-3-6-15-20(16-18-11-7-4-8-12-18)17-19-13-9-5-10-14-19/h4-5,7-14H,2-3,6,15-17H2,1H3. The van der Waals surface area contributed by atoms with E-state index in [1.54, 1.807) is 5.92 Å². The largest absolute Gasteiger partial charge is 0.0654 e. The van der Waals surface area contributed by atoms with Gasteiger partial charge in [-0.3, -0.25) is 0 Å². The molecule has 2 aromatic rings. The summed E-state index contributed by atoms with van der Waals surface area (Å²) in [5.74, 6) is 1.66. The van der Waals surface area contributed by atoms with Crippen LogP contribution in [0.2, 0.25) is 0 Å². The average molecular weight is 265 g/mol. The Balaban J connectivity index is 1.96. The molecule has 0 aliphatic carbocycles. The smallest absolute Gasteiger partial charge is 0.0154 e. The molecule has 0 spiro atoms. The number of rotatable bonds is 8. The summed E-state index contributed by atoms with van der Waals surface area (Å²) in [5.41, 5.74) is 2.88. The Morgan fingerprint density at radius 3 is 1.65 bits per heavy atom. The fraction of sp³-hybridized carbons (Fsp3) is 0.350. The Bertz CT molecular complexity index is 416. The van der Waals surface area contributed by atoms with Crippen molar-refractivity contribution in [1.29, 1.82) is 0 Å². The van der Waals surface area contributed by atoms with Crippen molar-refractivity contribution < 1.29 is 0 Å². The zero-order valence-electron chi connectivity index (χ0n) is 12.5. The van der Waals surface area contributed by atoms with E-state index in [-0.39, 0.29) is 0 Å². The van der Waals surface area contributed by atoms with Gasteiger partial charge in [-0.05, 0) is 36.3 Å². The van der Waals surface area contributed by atoms with Gasteiger partial charge in [-0.1, -0.05) is 86.8 Å². The molecule has 0 saturated carbocycles. The minimum Gasteiger partial charge on any atom is -0.0654 e. The van der Waals surface area contributed by atoms with Gasteiger partial charge in [0.05, 0.1) is 0 Å². The predicted molar refractivity (Wildman–Crippen MR) is 87.7 cm³/mol. The highest BCUT2D eigenvalue weighted by Crippen LogP contribution is 2.22. The van der Waals surface area contributed by atoms with Gasteiger partial charge in [0.15, 0.2) is 0 Å². The molecule has 0 N–H and O–H groups in total. The fourth-order valence-corrected chi connectivity index (χ4v) is 2.63. The summed E-state index contributed by atoms with van der Waals surface area (Å²) in [7, 11) is 0. The molecular formula is C20H25. The van der Waals surface area contributed by atoms with Gasteiger partial charge in [0, 0.05) is 0 Å². The van der Waals surface area contributed by atoms with E-state index in [2.05, 4.69) is 67.6 Å². The van der Waals surface area contributed by atoms with Gasteiger partial charge < -0.3 is 0 Å². The Kier molecular flexibility index (Phi) is 6.37. The fourth-order valence-electron chi connectivity index (χ4n) is 2.63. The SMILES string of the molecule is CCCCC[C](Cc1ccccc1)Cc1ccccc1. The first-order valence-electron chi connectivity index (χ1n) is 7.80. The first kappa shape index (κ1) is 14.8. The molecule has 0 aromatic heterocycles. The van der Waals surface area contributed by atoms with Crippen molar-refractivity contribution in [3.05, 3.63) is 77.7 Å². The van der Waals surface area contributed by atoms with E-state index >= 15 is 0 Å². The van der Waals surface area contributed by atoms with E-state index in [1.165, 1.54) is 36.8 Å². The van der Waals surface area contributed by atoms with Gasteiger partial charge in [0.1, 0.15) is 0 Å². The van der Waals surface area contributed by atoms with Crippen molar-refractivity contribution in [2.45, 2.75) is 45.4 Å². The van der Waals surface area contributed by atoms with E-state index in [4.69, 9.17) is 0 Å². The maximum Gasteiger partial charge on any atom is -0.0154 e. The molecular weight excluding hydrogens is 240 g/mol. The van der Waals surface area contributed by atoms with Crippen molar-refractivity contribution in [2.75, 3.05) is 0 Å². The quantitative estimate of drug-likeness (QED) is 0.543. The molecule has 20 heavy (non-hydrogen) atoms. The van der Waals surface area contributed by atoms with Crippen LogP contribution in [0.4, 0.5) is 0 Å². The normalized spacial score (nSPS) is 10.9. The lowest BCUT2D eigenvalue weighted by atomic mass is 9.88. The van der Waals surface area contributed by atoms with Gasteiger partial charge in [0.25, 0.3) is 0 Å². The molecule has 0 unspecified atom stereocenters. The molecule has 0 bridgehead atoms. The minimum atomic E-state index is 1.12. The summed E-state index contributed by atoms with van der Waals surface area (Å²) < 4.78 is 0. The first-order chi connectivity index (χ1) is 9.88. The van der Waals surface area contributed by atoms with Gasteiger partial charge in [-0.15, -0.1) is 0 Å². The summed E-state index contributed by atoms with van der Waals surface area (Å²) >= 11 is 0. The zero-order valence-corrected chi connectivity index (χ0v) is 12.5. The maximum atomic E-state index is 2.27. The molecule has 0 heteroatoms. The summed E-state index contributed by atoms with van der Waals surface area (Å²) in [4.78, 5) is 0. The predicted octanol–water partition coefficient (Wildman–Crippen LogP) is 5.63. The highest BCUT2D eigenvalue weighted by atomic mass is 14.2. The monoisotopic (exact) mass is 265 g/mol. The summed E-state index contributed by atoms with van der Waals surface area (Å²) in [6, 6.07) is 21.7. The molecule has 0 aliphatic heterocycles. The van der Waals surface area contributed by atoms with Crippen molar-refractivity contribution in [3.63, 3.8) is 0 Å². The van der Waals surface area contributed by atoms with Crippen LogP contribution in [0.3, 0.4) is 0 Å². The average Bonchev–Trinajstić information content (AvgIpc) is 2.49. The topological polar surface area (TPSA) is 0 Å². The second kappa shape index (κ2) is 8.58. The van der Waals surface area contributed by atoms with E-state index in [0.29, 0.717) is 0 Å². The molecule has 0 nitrogen and oxygen atoms in total. The molecule has 0 atom stereocenters. The highest BCUT2D eigenvalue weighted by molar-refractivity contribution is 5.24. The Morgan fingerprint density at radius 1 is 0.700 bits per heavy atom. The molecule has 105 valence electrons. The Morgan fingerprint density at radius 2 is 1.20 bits per heavy atom. The van der Waals surface area contributed by atoms with Crippen LogP contribution in [0.25, 0.3) is 0 Å². The highest BCUT2D eigenvalue weighted by Gasteiger charge is 2.11. The van der Waals surface area contributed by atoms with Crippen molar-refractivity contribution in [3.8, 4) is 0 Å². The van der Waals surface area contributed by atoms with Crippen LogP contribution in [0.15, 0.2) is 60.7 Å². The molecule has 0 saturated heterocycles. The third-order valence-electron chi connectivity index (χ3n) is 3.73. The van der Waals surface area contributed by atoms with Crippen LogP contribution < -0.4 is 0 Å². The van der Waals surface area contributed by atoms with Crippen LogP contribution in [0, 0.1) is 5.92 Å². The lowest BCUT2D eigenvalue weighted by Gasteiger charge is -2.16. The molecule has 2 aromatic carbocycles. The first-order valence-corrected chi connectivity index (χ1v) is 7.80. The minimum absolute atomic E-state index is 1.12. The van der Waals surface area contributed by atoms with E-state index in [9.17, 15) is 0 Å². The second-order valence-electron chi connectivity index (χ2n) is 5.53. The lowest BCUT2D eigenvalue weighted by Crippen LogP contribution is -2.06. The second-order valence-corrected chi connectivity index (χ2v) is 5.53. The van der Waals surface area contributed by atoms with Crippen molar-refractivity contribution >= 4 is 0 Å². The third-order valence-corrected chi connectivity index (χ3v) is 3.73. The zero-order chi connectivity index (χ0) is 14.0. The van der Waals surface area contributed by atoms with Gasteiger partial charge >= 0.3 is 0 Å². The molecule has 2 rings (SSSR count). The summed E-state index contributed by atoms with van der Waals surface area (Å²) in [6.07, 6.45) is 7.47. The summed E-state index contributed by atoms with van der Waals surface area (Å²) in [5, 5.41) is 0. The molecule has 1 radical (unpaired) electrons. The van der Waals surface area contributed by atoms with Crippen LogP contribution >= 0.6 is 0 Å². The molecule has 0 fully saturated rings. The molecule has 0 aliphatic rings. The number of benzene rings is 2. The van der Waals surface area contributed by atoms with E-state index in [0.717, 1.165) is 12.8 Å². The van der Waals surface area contributed by atoms with Gasteiger partial charge in [-0.2, -0.15) is 0 Å². The molecule has 0 heterocycles. The summed E-state index contributed by atoms with van der Waals surface area (Å²) in [6.45, 7) is 2.27. The van der Waals surface area contributed by atoms with Crippen LogP contribution in [0.1, 0.15) is 43.7 Å². The van der Waals surface area contributed by atoms with E-state index < -0.39 is 0 Å². The van der Waals surface area contributed by atoms with Gasteiger partial charge in [0.2, 0.25) is 0 Å². The van der Waals surface area contributed by atoms with Crippen LogP contribution in [0.5, 0.6) is 0 Å². The van der Waals surface area contributed by atoms with E-state index in [1.807, 2.05) is 0 Å². The van der Waals surface area contributed by atoms with Crippen LogP contribution in [-0.2, 0) is 12.8 Å².